The molecule has 0 radical (unpaired) electrons. The Morgan fingerprint density at radius 2 is 2.00 bits per heavy atom. The molecule has 2 aromatic carbocycles. The fourth-order valence-corrected chi connectivity index (χ4v) is 4.10. The maximum absolute atomic E-state index is 4.71. The number of hydrogen-bond donors (Lipinski definition) is 1. The molecule has 0 saturated carbocycles. The van der Waals surface area contributed by atoms with E-state index in [1.807, 2.05) is 37.4 Å². The molecule has 0 unspecified atom stereocenters. The van der Waals surface area contributed by atoms with Crippen molar-refractivity contribution in [3.05, 3.63) is 52.8 Å². The summed E-state index contributed by atoms with van der Waals surface area (Å²) in [5.74, 6) is 1.57. The van der Waals surface area contributed by atoms with Gasteiger partial charge in [0.2, 0.25) is 5.16 Å². The minimum absolute atomic E-state index is 0.642. The number of rotatable bonds is 3. The van der Waals surface area contributed by atoms with Gasteiger partial charge in [-0.15, -0.1) is 10.2 Å². The first-order valence-corrected chi connectivity index (χ1v) is 9.82. The molecule has 5 rings (SSSR count). The molecule has 6 nitrogen and oxygen atoms in total. The molecular weight excluding hydrogens is 412 g/mol. The zero-order valence-electron chi connectivity index (χ0n) is 13.8. The molecule has 3 heterocycles. The summed E-state index contributed by atoms with van der Waals surface area (Å²) in [6.07, 6.45) is 0. The maximum Gasteiger partial charge on any atom is 0.211 e. The predicted molar refractivity (Wildman–Crippen MR) is 107 cm³/mol. The smallest absolute Gasteiger partial charge is 0.211 e. The molecule has 26 heavy (non-hydrogen) atoms. The Morgan fingerprint density at radius 3 is 2.88 bits per heavy atom. The van der Waals surface area contributed by atoms with Crippen molar-refractivity contribution in [1.82, 2.24) is 29.7 Å². The fourth-order valence-electron chi connectivity index (χ4n) is 3.08. The number of nitrogens with zero attached hydrogens (tertiary/aromatic N) is 5. The minimum Gasteiger partial charge on any atom is -0.341 e. The lowest BCUT2D eigenvalue weighted by molar-refractivity contribution is 0.854. The van der Waals surface area contributed by atoms with Crippen LogP contribution in [0, 0.1) is 0 Å². The van der Waals surface area contributed by atoms with Crippen LogP contribution in [0.5, 0.6) is 0 Å². The first kappa shape index (κ1) is 15.8. The molecule has 5 aromatic rings. The highest BCUT2D eigenvalue weighted by Crippen LogP contribution is 2.29. The minimum atomic E-state index is 0.642. The van der Waals surface area contributed by atoms with E-state index in [0.29, 0.717) is 10.9 Å². The number of imidazole rings is 1. The number of fused-ring (bicyclic) bond motifs is 4. The Labute approximate surface area is 161 Å². The number of aryl methyl sites for hydroxylation is 1. The van der Waals surface area contributed by atoms with Crippen LogP contribution in [-0.4, -0.2) is 29.7 Å². The maximum atomic E-state index is 4.71. The summed E-state index contributed by atoms with van der Waals surface area (Å²) >= 11 is 5.04. The highest BCUT2D eigenvalue weighted by Gasteiger charge is 2.13. The third kappa shape index (κ3) is 2.57. The molecule has 0 saturated heterocycles. The molecule has 1 N–H and O–H groups in total. The van der Waals surface area contributed by atoms with Crippen LogP contribution < -0.4 is 0 Å². The molecule has 0 fully saturated rings. The van der Waals surface area contributed by atoms with E-state index < -0.39 is 0 Å². The third-order valence-corrected chi connectivity index (χ3v) is 5.66. The summed E-state index contributed by atoms with van der Waals surface area (Å²) in [4.78, 5) is 12.6. The Bertz CT molecular complexity index is 1240. The Kier molecular flexibility index (Phi) is 3.68. The zero-order valence-corrected chi connectivity index (χ0v) is 16.2. The van der Waals surface area contributed by atoms with Gasteiger partial charge in [-0.25, -0.2) is 9.97 Å². The second-order valence-electron chi connectivity index (χ2n) is 5.98. The van der Waals surface area contributed by atoms with E-state index in [1.54, 1.807) is 0 Å². The fraction of sp³-hybridized carbons (Fsp3) is 0.111. The molecule has 3 aromatic heterocycles. The summed E-state index contributed by atoms with van der Waals surface area (Å²) in [5, 5.41) is 10.4. The van der Waals surface area contributed by atoms with E-state index in [1.165, 1.54) is 11.8 Å². The van der Waals surface area contributed by atoms with Crippen LogP contribution in [0.4, 0.5) is 0 Å². The average Bonchev–Trinajstić information content (AvgIpc) is 3.19. The first-order valence-electron chi connectivity index (χ1n) is 8.04. The summed E-state index contributed by atoms with van der Waals surface area (Å²) in [6, 6.07) is 14.1. The molecular formula is C18H13BrN6S. The summed E-state index contributed by atoms with van der Waals surface area (Å²) in [7, 11) is 2.00. The molecule has 8 heteroatoms. The lowest BCUT2D eigenvalue weighted by Crippen LogP contribution is -1.96. The van der Waals surface area contributed by atoms with Crippen molar-refractivity contribution in [2.75, 3.05) is 0 Å². The van der Waals surface area contributed by atoms with Crippen molar-refractivity contribution in [1.29, 1.82) is 0 Å². The third-order valence-electron chi connectivity index (χ3n) is 4.32. The van der Waals surface area contributed by atoms with Crippen molar-refractivity contribution < 1.29 is 0 Å². The van der Waals surface area contributed by atoms with Crippen LogP contribution in [0.25, 0.3) is 33.1 Å². The van der Waals surface area contributed by atoms with Crippen molar-refractivity contribution in [2.45, 2.75) is 10.9 Å². The van der Waals surface area contributed by atoms with E-state index in [0.717, 1.165) is 43.4 Å². The quantitative estimate of drug-likeness (QED) is 0.433. The standard InChI is InChI=1S/C18H13BrN6S/c1-25-14-7-6-10(19)8-11(14)16-17(25)22-18(24-23-16)26-9-15-20-12-4-2-3-5-13(12)21-15/h2-8H,9H2,1H3,(H,20,21). The molecule has 128 valence electrons. The van der Waals surface area contributed by atoms with Crippen LogP contribution in [0.3, 0.4) is 0 Å². The highest BCUT2D eigenvalue weighted by molar-refractivity contribution is 9.10. The topological polar surface area (TPSA) is 72.3 Å². The van der Waals surface area contributed by atoms with Crippen molar-refractivity contribution in [3.63, 3.8) is 0 Å². The van der Waals surface area contributed by atoms with Crippen LogP contribution in [-0.2, 0) is 12.8 Å². The van der Waals surface area contributed by atoms with Crippen molar-refractivity contribution >= 4 is 60.8 Å². The summed E-state index contributed by atoms with van der Waals surface area (Å²) < 4.78 is 3.07. The molecule has 0 amide bonds. The van der Waals surface area contributed by atoms with E-state index in [4.69, 9.17) is 4.98 Å². The van der Waals surface area contributed by atoms with E-state index in [9.17, 15) is 0 Å². The monoisotopic (exact) mass is 424 g/mol. The Hall–Kier alpha value is -2.45. The number of para-hydroxylation sites is 2. The summed E-state index contributed by atoms with van der Waals surface area (Å²) in [6.45, 7) is 0. The highest BCUT2D eigenvalue weighted by atomic mass is 79.9. The number of benzene rings is 2. The Morgan fingerprint density at radius 1 is 1.12 bits per heavy atom. The average molecular weight is 425 g/mol. The van der Waals surface area contributed by atoms with Gasteiger partial charge in [0.1, 0.15) is 11.3 Å². The molecule has 0 aliphatic rings. The van der Waals surface area contributed by atoms with Crippen LogP contribution >= 0.6 is 27.7 Å². The number of aromatic amines is 1. The number of halogens is 1. The van der Waals surface area contributed by atoms with Gasteiger partial charge in [0.25, 0.3) is 0 Å². The molecule has 0 spiro atoms. The second-order valence-corrected chi connectivity index (χ2v) is 7.83. The van der Waals surface area contributed by atoms with Gasteiger partial charge in [-0.2, -0.15) is 0 Å². The van der Waals surface area contributed by atoms with Crippen molar-refractivity contribution in [2.24, 2.45) is 7.05 Å². The first-order chi connectivity index (χ1) is 12.7. The predicted octanol–water partition coefficient (Wildman–Crippen LogP) is 4.45. The lowest BCUT2D eigenvalue weighted by atomic mass is 10.2. The lowest BCUT2D eigenvalue weighted by Gasteiger charge is -1.99. The SMILES string of the molecule is Cn1c2ccc(Br)cc2c2nnc(SCc3nc4ccccc4[nH]3)nc21. The number of H-pyrrole nitrogens is 1. The summed E-state index contributed by atoms with van der Waals surface area (Å²) in [5.41, 5.74) is 4.75. The molecule has 0 aliphatic heterocycles. The normalized spacial score (nSPS) is 11.8. The van der Waals surface area contributed by atoms with Gasteiger partial charge in [0.05, 0.1) is 22.3 Å². The number of nitrogens with one attached hydrogen (secondary N) is 1. The molecule has 0 bridgehead atoms. The largest absolute Gasteiger partial charge is 0.341 e. The van der Waals surface area contributed by atoms with Crippen LogP contribution in [0.1, 0.15) is 5.82 Å². The molecule has 0 atom stereocenters. The Balaban J connectivity index is 1.49. The molecule has 0 aliphatic carbocycles. The van der Waals surface area contributed by atoms with Gasteiger partial charge in [-0.3, -0.25) is 0 Å². The van der Waals surface area contributed by atoms with E-state index in [-0.39, 0.29) is 0 Å². The van der Waals surface area contributed by atoms with Gasteiger partial charge in [0, 0.05) is 16.9 Å². The van der Waals surface area contributed by atoms with Crippen LogP contribution in [0.2, 0.25) is 0 Å². The van der Waals surface area contributed by atoms with Gasteiger partial charge in [0.15, 0.2) is 5.65 Å². The number of hydrogen-bond acceptors (Lipinski definition) is 5. The van der Waals surface area contributed by atoms with Gasteiger partial charge in [-0.05, 0) is 30.3 Å². The van der Waals surface area contributed by atoms with E-state index >= 15 is 0 Å². The van der Waals surface area contributed by atoms with Gasteiger partial charge in [-0.1, -0.05) is 39.8 Å². The van der Waals surface area contributed by atoms with E-state index in [2.05, 4.69) is 52.8 Å². The van der Waals surface area contributed by atoms with Gasteiger partial charge < -0.3 is 9.55 Å². The van der Waals surface area contributed by atoms with Gasteiger partial charge >= 0.3 is 0 Å². The van der Waals surface area contributed by atoms with Crippen LogP contribution in [0.15, 0.2) is 52.1 Å². The number of thioether (sulfide) groups is 1. The zero-order chi connectivity index (χ0) is 17.7. The second kappa shape index (κ2) is 6.07. The number of aromatic nitrogens is 6. The van der Waals surface area contributed by atoms with Crippen molar-refractivity contribution in [3.8, 4) is 0 Å².